The van der Waals surface area contributed by atoms with E-state index in [9.17, 15) is 9.59 Å². The van der Waals surface area contributed by atoms with E-state index in [4.69, 9.17) is 14.2 Å². The summed E-state index contributed by atoms with van der Waals surface area (Å²) in [5, 5.41) is 0. The van der Waals surface area contributed by atoms with Gasteiger partial charge in [-0.05, 0) is 32.4 Å². The van der Waals surface area contributed by atoms with Crippen LogP contribution in [0.2, 0.25) is 0 Å². The largest absolute Gasteiger partial charge is 0.493 e. The zero-order chi connectivity index (χ0) is 19.4. The van der Waals surface area contributed by atoms with Gasteiger partial charge in [-0.2, -0.15) is 0 Å². The minimum atomic E-state index is -0.355. The van der Waals surface area contributed by atoms with Crippen molar-refractivity contribution >= 4 is 11.9 Å². The molecule has 0 heterocycles. The lowest BCUT2D eigenvalue weighted by Gasteiger charge is -2.23. The molecule has 1 aromatic carbocycles. The third-order valence-electron chi connectivity index (χ3n) is 3.61. The number of amides is 1. The van der Waals surface area contributed by atoms with Crippen molar-refractivity contribution in [2.24, 2.45) is 0 Å². The molecule has 0 N–H and O–H groups in total. The summed E-state index contributed by atoms with van der Waals surface area (Å²) in [5.41, 5.74) is 0. The summed E-state index contributed by atoms with van der Waals surface area (Å²) in [6, 6.07) is 7.13. The molecule has 0 spiro atoms. The van der Waals surface area contributed by atoms with Crippen LogP contribution in [0.1, 0.15) is 26.7 Å². The molecular weight excluding hydrogens is 338 g/mol. The Hall–Kier alpha value is -2.28. The number of esters is 1. The van der Waals surface area contributed by atoms with Crippen LogP contribution in [0, 0.1) is 0 Å². The molecule has 0 aliphatic carbocycles. The van der Waals surface area contributed by atoms with Gasteiger partial charge in [0.25, 0.3) is 5.91 Å². The number of hydrogen-bond acceptors (Lipinski definition) is 6. The standard InChI is InChI=1S/C19H29NO6/c1-15(2)25-13-7-11-20(12-10-19(22)24-4)18(21)14-26-17-9-6-5-8-16(17)23-3/h5-6,8-9,15H,7,10-14H2,1-4H3. The fourth-order valence-corrected chi connectivity index (χ4v) is 2.23. The number of ether oxygens (including phenoxy) is 4. The third kappa shape index (κ3) is 8.20. The Balaban J connectivity index is 2.58. The minimum Gasteiger partial charge on any atom is -0.493 e. The summed E-state index contributed by atoms with van der Waals surface area (Å²) in [4.78, 5) is 25.5. The van der Waals surface area contributed by atoms with Crippen molar-refractivity contribution in [1.29, 1.82) is 0 Å². The highest BCUT2D eigenvalue weighted by molar-refractivity contribution is 5.78. The Morgan fingerprint density at radius 2 is 1.77 bits per heavy atom. The van der Waals surface area contributed by atoms with Gasteiger partial charge in [0.15, 0.2) is 18.1 Å². The lowest BCUT2D eigenvalue weighted by Crippen LogP contribution is -2.37. The van der Waals surface area contributed by atoms with E-state index in [1.165, 1.54) is 7.11 Å². The molecule has 0 fully saturated rings. The number of carbonyl (C=O) groups excluding carboxylic acids is 2. The monoisotopic (exact) mass is 367 g/mol. The second-order valence-electron chi connectivity index (χ2n) is 5.92. The summed E-state index contributed by atoms with van der Waals surface area (Å²) in [6.07, 6.45) is 0.963. The molecule has 0 saturated heterocycles. The van der Waals surface area contributed by atoms with Crippen molar-refractivity contribution in [2.45, 2.75) is 32.8 Å². The molecule has 0 bridgehead atoms. The van der Waals surface area contributed by atoms with Gasteiger partial charge in [-0.3, -0.25) is 9.59 Å². The Kier molecular flexibility index (Phi) is 10.2. The Morgan fingerprint density at radius 1 is 1.08 bits per heavy atom. The van der Waals surface area contributed by atoms with Crippen LogP contribution in [0.3, 0.4) is 0 Å². The van der Waals surface area contributed by atoms with E-state index in [-0.39, 0.29) is 37.6 Å². The van der Waals surface area contributed by atoms with Gasteiger partial charge >= 0.3 is 5.97 Å². The van der Waals surface area contributed by atoms with Crippen LogP contribution >= 0.6 is 0 Å². The maximum absolute atomic E-state index is 12.5. The van der Waals surface area contributed by atoms with E-state index in [0.717, 1.165) is 0 Å². The highest BCUT2D eigenvalue weighted by Gasteiger charge is 2.17. The van der Waals surface area contributed by atoms with Gasteiger partial charge in [0.2, 0.25) is 0 Å². The molecule has 0 aliphatic heterocycles. The van der Waals surface area contributed by atoms with E-state index in [2.05, 4.69) is 4.74 Å². The Bertz CT molecular complexity index is 561. The van der Waals surface area contributed by atoms with Crippen molar-refractivity contribution in [2.75, 3.05) is 40.5 Å². The van der Waals surface area contributed by atoms with Gasteiger partial charge in [-0.15, -0.1) is 0 Å². The summed E-state index contributed by atoms with van der Waals surface area (Å²) in [7, 11) is 2.87. The molecule has 146 valence electrons. The molecule has 0 saturated carbocycles. The SMILES string of the molecule is COC(=O)CCN(CCCOC(C)C)C(=O)COc1ccccc1OC. The Morgan fingerprint density at radius 3 is 2.38 bits per heavy atom. The molecule has 1 rings (SSSR count). The van der Waals surface area contributed by atoms with Crippen molar-refractivity contribution in [1.82, 2.24) is 4.90 Å². The Labute approximate surface area is 155 Å². The molecule has 0 aliphatic rings. The first-order valence-electron chi connectivity index (χ1n) is 8.70. The maximum Gasteiger partial charge on any atom is 0.307 e. The second kappa shape index (κ2) is 12.1. The molecule has 26 heavy (non-hydrogen) atoms. The fraction of sp³-hybridized carbons (Fsp3) is 0.579. The smallest absolute Gasteiger partial charge is 0.307 e. The molecule has 0 aromatic heterocycles. The normalized spacial score (nSPS) is 10.5. The summed E-state index contributed by atoms with van der Waals surface area (Å²) in [5.74, 6) is 0.502. The first-order chi connectivity index (χ1) is 12.5. The first kappa shape index (κ1) is 21.8. The predicted molar refractivity (Wildman–Crippen MR) is 97.4 cm³/mol. The number of carbonyl (C=O) groups is 2. The topological polar surface area (TPSA) is 74.3 Å². The van der Waals surface area contributed by atoms with E-state index in [1.807, 2.05) is 19.9 Å². The van der Waals surface area contributed by atoms with Gasteiger partial charge in [-0.1, -0.05) is 12.1 Å². The van der Waals surface area contributed by atoms with Crippen LogP contribution in [0.25, 0.3) is 0 Å². The van der Waals surface area contributed by atoms with Crippen LogP contribution in [-0.4, -0.2) is 63.4 Å². The number of nitrogens with zero attached hydrogens (tertiary/aromatic N) is 1. The number of benzene rings is 1. The van der Waals surface area contributed by atoms with Crippen molar-refractivity contribution < 1.29 is 28.5 Å². The molecule has 7 nitrogen and oxygen atoms in total. The highest BCUT2D eigenvalue weighted by Crippen LogP contribution is 2.25. The van der Waals surface area contributed by atoms with Crippen LogP contribution in [0.15, 0.2) is 24.3 Å². The lowest BCUT2D eigenvalue weighted by atomic mass is 10.3. The maximum atomic E-state index is 12.5. The molecule has 0 unspecified atom stereocenters. The van der Waals surface area contributed by atoms with Gasteiger partial charge in [0, 0.05) is 19.7 Å². The fourth-order valence-electron chi connectivity index (χ4n) is 2.23. The van der Waals surface area contributed by atoms with Crippen LogP contribution in [-0.2, 0) is 19.1 Å². The zero-order valence-corrected chi connectivity index (χ0v) is 16.0. The van der Waals surface area contributed by atoms with Gasteiger partial charge in [0.05, 0.1) is 26.7 Å². The lowest BCUT2D eigenvalue weighted by molar-refractivity contribution is -0.142. The van der Waals surface area contributed by atoms with Crippen LogP contribution in [0.4, 0.5) is 0 Å². The average Bonchev–Trinajstić information content (AvgIpc) is 2.65. The molecule has 0 radical (unpaired) electrons. The summed E-state index contributed by atoms with van der Waals surface area (Å²) in [6.45, 7) is 5.10. The number of hydrogen-bond donors (Lipinski definition) is 0. The van der Waals surface area contributed by atoms with E-state index in [0.29, 0.717) is 31.1 Å². The van der Waals surface area contributed by atoms with Gasteiger partial charge in [-0.25, -0.2) is 0 Å². The second-order valence-corrected chi connectivity index (χ2v) is 5.92. The average molecular weight is 367 g/mol. The van der Waals surface area contributed by atoms with E-state index in [1.54, 1.807) is 30.2 Å². The number of rotatable bonds is 12. The molecule has 1 amide bonds. The zero-order valence-electron chi connectivity index (χ0n) is 16.0. The van der Waals surface area contributed by atoms with Crippen molar-refractivity contribution in [3.05, 3.63) is 24.3 Å². The first-order valence-corrected chi connectivity index (χ1v) is 8.70. The summed E-state index contributed by atoms with van der Waals surface area (Å²) < 4.78 is 20.9. The van der Waals surface area contributed by atoms with Crippen molar-refractivity contribution in [3.63, 3.8) is 0 Å². The third-order valence-corrected chi connectivity index (χ3v) is 3.61. The van der Waals surface area contributed by atoms with E-state index < -0.39 is 0 Å². The van der Waals surface area contributed by atoms with E-state index >= 15 is 0 Å². The number of para-hydroxylation sites is 2. The predicted octanol–water partition coefficient (Wildman–Crippen LogP) is 2.28. The molecule has 7 heteroatoms. The molecule has 0 atom stereocenters. The number of methoxy groups -OCH3 is 2. The minimum absolute atomic E-state index is 0.132. The van der Waals surface area contributed by atoms with Crippen LogP contribution in [0.5, 0.6) is 11.5 Å². The molecule has 1 aromatic rings. The van der Waals surface area contributed by atoms with Gasteiger partial charge in [0.1, 0.15) is 0 Å². The quantitative estimate of drug-likeness (QED) is 0.417. The summed E-state index contributed by atoms with van der Waals surface area (Å²) >= 11 is 0. The highest BCUT2D eigenvalue weighted by atomic mass is 16.5. The van der Waals surface area contributed by atoms with Crippen molar-refractivity contribution in [3.8, 4) is 11.5 Å². The van der Waals surface area contributed by atoms with Crippen LogP contribution < -0.4 is 9.47 Å². The molecular formula is C19H29NO6. The van der Waals surface area contributed by atoms with Gasteiger partial charge < -0.3 is 23.8 Å².